The molecule has 1 rings (SSSR count). The Kier molecular flexibility index (Phi) is 3.68. The lowest BCUT2D eigenvalue weighted by molar-refractivity contribution is 0.457. The van der Waals surface area contributed by atoms with Gasteiger partial charge >= 0.3 is 0 Å². The van der Waals surface area contributed by atoms with Gasteiger partial charge in [0.25, 0.3) is 0 Å². The minimum absolute atomic E-state index is 0.0121. The van der Waals surface area contributed by atoms with Gasteiger partial charge in [-0.25, -0.2) is 21.6 Å². The number of hydrogen-bond acceptors (Lipinski definition) is 5. The molecule has 0 aromatic heterocycles. The second-order valence-electron chi connectivity index (χ2n) is 4.60. The van der Waals surface area contributed by atoms with Crippen molar-refractivity contribution in [1.29, 1.82) is 0 Å². The Labute approximate surface area is 96.6 Å². The number of nitrogens with one attached hydrogen (secondary N) is 1. The fraction of sp³-hybridized carbons (Fsp3) is 1.00. The van der Waals surface area contributed by atoms with Crippen LogP contribution in [-0.2, 0) is 19.9 Å². The molecule has 3 N–H and O–H groups in total. The van der Waals surface area contributed by atoms with Crippen molar-refractivity contribution in [2.75, 3.05) is 18.1 Å². The summed E-state index contributed by atoms with van der Waals surface area (Å²) in [6, 6.07) is 0. The number of nitrogens with two attached hydrogens (primary N) is 1. The zero-order chi connectivity index (χ0) is 12.6. The predicted molar refractivity (Wildman–Crippen MR) is 62.2 cm³/mol. The van der Waals surface area contributed by atoms with E-state index in [4.69, 9.17) is 5.73 Å². The second kappa shape index (κ2) is 4.25. The van der Waals surface area contributed by atoms with Crippen LogP contribution in [0.5, 0.6) is 0 Å². The van der Waals surface area contributed by atoms with E-state index in [0.717, 1.165) is 0 Å². The van der Waals surface area contributed by atoms with Crippen molar-refractivity contribution in [3.05, 3.63) is 0 Å². The van der Waals surface area contributed by atoms with Crippen LogP contribution in [0.15, 0.2) is 0 Å². The van der Waals surface area contributed by atoms with E-state index in [2.05, 4.69) is 4.72 Å². The van der Waals surface area contributed by atoms with Crippen LogP contribution in [0, 0.1) is 0 Å². The van der Waals surface area contributed by atoms with Gasteiger partial charge in [0.05, 0.1) is 16.8 Å². The molecule has 96 valence electrons. The van der Waals surface area contributed by atoms with Gasteiger partial charge in [-0.05, 0) is 20.3 Å². The summed E-state index contributed by atoms with van der Waals surface area (Å²) >= 11 is 0. The predicted octanol–water partition coefficient (Wildman–Crippen LogP) is -1.17. The first-order valence-electron chi connectivity index (χ1n) is 5.03. The molecule has 1 heterocycles. The lowest BCUT2D eigenvalue weighted by Gasteiger charge is -2.25. The quantitative estimate of drug-likeness (QED) is 0.669. The lowest BCUT2D eigenvalue weighted by atomic mass is 10.0. The molecule has 1 fully saturated rings. The van der Waals surface area contributed by atoms with Crippen LogP contribution < -0.4 is 10.5 Å². The van der Waals surface area contributed by atoms with Crippen molar-refractivity contribution in [2.24, 2.45) is 5.73 Å². The SMILES string of the molecule is CC(CN)S(=O)(=O)NC1(C)CCS(=O)(=O)C1. The Bertz CT molecular complexity index is 456. The van der Waals surface area contributed by atoms with Crippen molar-refractivity contribution in [3.8, 4) is 0 Å². The van der Waals surface area contributed by atoms with Gasteiger partial charge < -0.3 is 5.73 Å². The topological polar surface area (TPSA) is 106 Å². The van der Waals surface area contributed by atoms with Gasteiger partial charge in [-0.3, -0.25) is 0 Å². The van der Waals surface area contributed by atoms with Crippen LogP contribution in [-0.4, -0.2) is 45.7 Å². The van der Waals surface area contributed by atoms with Crippen molar-refractivity contribution in [1.82, 2.24) is 4.72 Å². The molecular weight excluding hydrogens is 252 g/mol. The molecule has 8 heteroatoms. The van der Waals surface area contributed by atoms with Crippen LogP contribution in [0.25, 0.3) is 0 Å². The van der Waals surface area contributed by atoms with Crippen LogP contribution in [0.4, 0.5) is 0 Å². The van der Waals surface area contributed by atoms with Crippen molar-refractivity contribution < 1.29 is 16.8 Å². The molecule has 2 unspecified atom stereocenters. The normalized spacial score (nSPS) is 31.4. The summed E-state index contributed by atoms with van der Waals surface area (Å²) in [4.78, 5) is 0. The Morgan fingerprint density at radius 2 is 2.06 bits per heavy atom. The second-order valence-corrected chi connectivity index (χ2v) is 8.88. The first-order valence-corrected chi connectivity index (χ1v) is 8.40. The van der Waals surface area contributed by atoms with Gasteiger partial charge in [0, 0.05) is 12.1 Å². The van der Waals surface area contributed by atoms with E-state index in [1.807, 2.05) is 0 Å². The van der Waals surface area contributed by atoms with Gasteiger partial charge in [-0.15, -0.1) is 0 Å². The summed E-state index contributed by atoms with van der Waals surface area (Å²) in [5, 5.41) is -0.715. The minimum atomic E-state index is -3.54. The molecule has 0 aromatic carbocycles. The van der Waals surface area contributed by atoms with E-state index in [1.54, 1.807) is 6.92 Å². The summed E-state index contributed by atoms with van der Waals surface area (Å²) in [6.07, 6.45) is 0.311. The highest BCUT2D eigenvalue weighted by atomic mass is 32.2. The monoisotopic (exact) mass is 270 g/mol. The Morgan fingerprint density at radius 3 is 2.44 bits per heavy atom. The highest BCUT2D eigenvalue weighted by Gasteiger charge is 2.41. The third-order valence-corrected chi connectivity index (χ3v) is 6.69. The molecule has 0 aliphatic carbocycles. The van der Waals surface area contributed by atoms with Crippen molar-refractivity contribution in [3.63, 3.8) is 0 Å². The Hall–Kier alpha value is -0.180. The molecular formula is C8H18N2O4S2. The van der Waals surface area contributed by atoms with Gasteiger partial charge in [0.15, 0.2) is 9.84 Å². The molecule has 6 nitrogen and oxygen atoms in total. The van der Waals surface area contributed by atoms with Crippen LogP contribution in [0.1, 0.15) is 20.3 Å². The van der Waals surface area contributed by atoms with E-state index in [1.165, 1.54) is 6.92 Å². The minimum Gasteiger partial charge on any atom is -0.329 e. The highest BCUT2D eigenvalue weighted by molar-refractivity contribution is 7.92. The van der Waals surface area contributed by atoms with Crippen LogP contribution in [0.3, 0.4) is 0 Å². The number of sulfone groups is 1. The van der Waals surface area contributed by atoms with E-state index in [9.17, 15) is 16.8 Å². The number of rotatable bonds is 4. The standard InChI is InChI=1S/C8H18N2O4S2/c1-7(5-9)16(13,14)10-8(2)3-4-15(11,12)6-8/h7,10H,3-6,9H2,1-2H3. The third kappa shape index (κ3) is 3.16. The molecule has 16 heavy (non-hydrogen) atoms. The summed E-state index contributed by atoms with van der Waals surface area (Å²) in [6.45, 7) is 3.12. The molecule has 2 atom stereocenters. The first-order chi connectivity index (χ1) is 7.10. The van der Waals surface area contributed by atoms with E-state index >= 15 is 0 Å². The number of sulfonamides is 1. The van der Waals surface area contributed by atoms with Gasteiger partial charge in [-0.2, -0.15) is 0 Å². The zero-order valence-corrected chi connectivity index (χ0v) is 11.1. The van der Waals surface area contributed by atoms with Crippen LogP contribution in [0.2, 0.25) is 0 Å². The smallest absolute Gasteiger partial charge is 0.215 e. The summed E-state index contributed by atoms with van der Waals surface area (Å²) in [7, 11) is -6.66. The van der Waals surface area contributed by atoms with Gasteiger partial charge in [-0.1, -0.05) is 0 Å². The van der Waals surface area contributed by atoms with Crippen molar-refractivity contribution in [2.45, 2.75) is 31.1 Å². The largest absolute Gasteiger partial charge is 0.329 e. The summed E-state index contributed by atoms with van der Waals surface area (Å²) in [5.41, 5.74) is 4.40. The molecule has 0 bridgehead atoms. The lowest BCUT2D eigenvalue weighted by Crippen LogP contribution is -2.50. The van der Waals surface area contributed by atoms with E-state index in [0.29, 0.717) is 6.42 Å². The summed E-state index contributed by atoms with van der Waals surface area (Å²) in [5.74, 6) is -0.112. The highest BCUT2D eigenvalue weighted by Crippen LogP contribution is 2.24. The molecule has 1 aliphatic heterocycles. The maximum atomic E-state index is 11.7. The molecule has 0 spiro atoms. The number of hydrogen-bond donors (Lipinski definition) is 2. The maximum absolute atomic E-state index is 11.7. The first kappa shape index (κ1) is 13.9. The summed E-state index contributed by atoms with van der Waals surface area (Å²) < 4.78 is 48.6. The molecule has 1 saturated heterocycles. The van der Waals surface area contributed by atoms with E-state index < -0.39 is 30.6 Å². The molecule has 0 radical (unpaired) electrons. The Balaban J connectivity index is 2.83. The van der Waals surface area contributed by atoms with E-state index in [-0.39, 0.29) is 18.1 Å². The average molecular weight is 270 g/mol. The van der Waals surface area contributed by atoms with Gasteiger partial charge in [0.2, 0.25) is 10.0 Å². The fourth-order valence-corrected chi connectivity index (χ4v) is 5.16. The van der Waals surface area contributed by atoms with Crippen LogP contribution >= 0.6 is 0 Å². The van der Waals surface area contributed by atoms with Crippen molar-refractivity contribution >= 4 is 19.9 Å². The molecule has 0 aromatic rings. The zero-order valence-electron chi connectivity index (χ0n) is 9.43. The Morgan fingerprint density at radius 1 is 1.50 bits per heavy atom. The molecule has 0 amide bonds. The fourth-order valence-electron chi connectivity index (χ4n) is 1.66. The van der Waals surface area contributed by atoms with Gasteiger partial charge in [0.1, 0.15) is 0 Å². The molecule has 1 aliphatic rings. The molecule has 0 saturated carbocycles. The maximum Gasteiger partial charge on any atom is 0.215 e. The third-order valence-electron chi connectivity index (χ3n) is 2.75. The average Bonchev–Trinajstić information content (AvgIpc) is 2.37.